The van der Waals surface area contributed by atoms with Crippen LogP contribution >= 0.6 is 0 Å². The summed E-state index contributed by atoms with van der Waals surface area (Å²) in [5.74, 6) is 0.303. The summed E-state index contributed by atoms with van der Waals surface area (Å²) in [7, 11) is 0. The molecule has 0 aliphatic rings. The number of nitrogens with one attached hydrogen (secondary N) is 2. The van der Waals surface area contributed by atoms with Crippen LogP contribution in [0.25, 0.3) is 0 Å². The summed E-state index contributed by atoms with van der Waals surface area (Å²) in [5.41, 5.74) is 0. The van der Waals surface area contributed by atoms with Crippen molar-refractivity contribution in [2.75, 3.05) is 19.7 Å². The third kappa shape index (κ3) is 18.6. The lowest BCUT2D eigenvalue weighted by molar-refractivity contribution is -0.121. The molecular weight excluding hydrogens is 484 g/mol. The van der Waals surface area contributed by atoms with Crippen molar-refractivity contribution in [3.8, 4) is 0 Å². The van der Waals surface area contributed by atoms with Crippen LogP contribution in [0.3, 0.4) is 0 Å². The molecule has 7 N–H and O–H groups in total. The van der Waals surface area contributed by atoms with Gasteiger partial charge in [0.2, 0.25) is 0 Å². The minimum absolute atomic E-state index is 0.0605. The summed E-state index contributed by atoms with van der Waals surface area (Å²) >= 11 is 0. The van der Waals surface area contributed by atoms with Crippen molar-refractivity contribution < 1.29 is 30.3 Å². The molecule has 0 rings (SSSR count). The van der Waals surface area contributed by atoms with Gasteiger partial charge in [0.05, 0.1) is 18.8 Å². The molecule has 8 nitrogen and oxygen atoms in total. The molecule has 0 bridgehead atoms. The Bertz CT molecular complexity index is 525. The number of aliphatic hydroxyl groups is 5. The molecule has 0 aliphatic heterocycles. The number of ketones is 1. The Kier molecular flexibility index (Phi) is 25.0. The monoisotopic (exact) mass is 546 g/mol. The summed E-state index contributed by atoms with van der Waals surface area (Å²) in [4.78, 5) is 12.9. The second-order valence-corrected chi connectivity index (χ2v) is 11.0. The lowest BCUT2D eigenvalue weighted by Gasteiger charge is -2.26. The van der Waals surface area contributed by atoms with E-state index in [0.717, 1.165) is 38.5 Å². The SMILES string of the molecule is CCCCCCCC(CCCCCCC)N[C@@H](CCCCNCC(O)C(O)C(O)C(O)CO)C(=O)CCC. The molecule has 8 heteroatoms. The zero-order valence-electron chi connectivity index (χ0n) is 24.8. The second kappa shape index (κ2) is 25.4. The number of carbonyl (C=O) groups excluding carboxylic acids is 1. The highest BCUT2D eigenvalue weighted by Crippen LogP contribution is 2.16. The van der Waals surface area contributed by atoms with Gasteiger partial charge in [0, 0.05) is 19.0 Å². The van der Waals surface area contributed by atoms with E-state index >= 15 is 0 Å². The van der Waals surface area contributed by atoms with Crippen LogP contribution < -0.4 is 10.6 Å². The lowest BCUT2D eigenvalue weighted by atomic mass is 9.96. The topological polar surface area (TPSA) is 142 Å². The smallest absolute Gasteiger partial charge is 0.149 e. The quantitative estimate of drug-likeness (QED) is 0.0738. The van der Waals surface area contributed by atoms with Crippen LogP contribution in [-0.2, 0) is 4.79 Å². The number of aliphatic hydroxyl groups excluding tert-OH is 5. The fraction of sp³-hybridized carbons (Fsp3) is 0.967. The standard InChI is InChI=1S/C30H62N2O6/c1-4-7-9-11-13-18-24(19-14-12-10-8-5-2)32-25(26(34)17-6-3)20-15-16-21-31-22-27(35)29(37)30(38)28(36)23-33/h24-25,27-33,35-38H,4-23H2,1-3H3/t25-,27?,28?,29?,30?/m0/s1. The van der Waals surface area contributed by atoms with Gasteiger partial charge < -0.3 is 36.2 Å². The maximum absolute atomic E-state index is 12.9. The van der Waals surface area contributed by atoms with Crippen molar-refractivity contribution in [3.63, 3.8) is 0 Å². The minimum atomic E-state index is -1.61. The third-order valence-corrected chi connectivity index (χ3v) is 7.41. The molecule has 0 radical (unpaired) electrons. The third-order valence-electron chi connectivity index (χ3n) is 7.41. The summed E-state index contributed by atoms with van der Waals surface area (Å²) < 4.78 is 0. The van der Waals surface area contributed by atoms with Crippen LogP contribution in [0, 0.1) is 0 Å². The maximum Gasteiger partial charge on any atom is 0.149 e. The molecule has 4 unspecified atom stereocenters. The van der Waals surface area contributed by atoms with Crippen LogP contribution in [0.1, 0.15) is 130 Å². The Morgan fingerprint density at radius 3 is 1.71 bits per heavy atom. The predicted octanol–water partition coefficient (Wildman–Crippen LogP) is 3.60. The van der Waals surface area contributed by atoms with E-state index in [1.807, 2.05) is 6.92 Å². The Morgan fingerprint density at radius 1 is 0.658 bits per heavy atom. The molecule has 228 valence electrons. The van der Waals surface area contributed by atoms with Gasteiger partial charge in [-0.05, 0) is 38.6 Å². The van der Waals surface area contributed by atoms with E-state index in [-0.39, 0.29) is 12.6 Å². The van der Waals surface area contributed by atoms with Gasteiger partial charge in [0.1, 0.15) is 24.1 Å². The van der Waals surface area contributed by atoms with Crippen molar-refractivity contribution in [1.82, 2.24) is 10.6 Å². The molecule has 0 amide bonds. The minimum Gasteiger partial charge on any atom is -0.394 e. The van der Waals surface area contributed by atoms with E-state index in [1.54, 1.807) is 0 Å². The van der Waals surface area contributed by atoms with Gasteiger partial charge in [-0.15, -0.1) is 0 Å². The molecule has 0 aromatic carbocycles. The highest BCUT2D eigenvalue weighted by molar-refractivity contribution is 5.83. The number of carbonyl (C=O) groups is 1. The van der Waals surface area contributed by atoms with Crippen molar-refractivity contribution in [3.05, 3.63) is 0 Å². The molecule has 0 saturated carbocycles. The molecule has 0 spiro atoms. The summed E-state index contributed by atoms with van der Waals surface area (Å²) in [6.45, 7) is 6.50. The molecule has 5 atom stereocenters. The maximum atomic E-state index is 12.9. The Balaban J connectivity index is 4.67. The zero-order chi connectivity index (χ0) is 28.6. The van der Waals surface area contributed by atoms with E-state index < -0.39 is 31.0 Å². The van der Waals surface area contributed by atoms with Crippen LogP contribution in [0.15, 0.2) is 0 Å². The molecule has 38 heavy (non-hydrogen) atoms. The Hall–Kier alpha value is -0.610. The highest BCUT2D eigenvalue weighted by Gasteiger charge is 2.29. The number of Topliss-reactive ketones (excluding diaryl/α,β-unsaturated/α-hetero) is 1. The van der Waals surface area contributed by atoms with Crippen LogP contribution in [0.4, 0.5) is 0 Å². The van der Waals surface area contributed by atoms with E-state index in [0.29, 0.717) is 24.8 Å². The van der Waals surface area contributed by atoms with Gasteiger partial charge in [-0.2, -0.15) is 0 Å². The Labute approximate surface area is 233 Å². The second-order valence-electron chi connectivity index (χ2n) is 11.0. The number of rotatable bonds is 28. The zero-order valence-corrected chi connectivity index (χ0v) is 24.8. The van der Waals surface area contributed by atoms with E-state index in [2.05, 4.69) is 24.5 Å². The van der Waals surface area contributed by atoms with Gasteiger partial charge in [-0.25, -0.2) is 0 Å². The average molecular weight is 547 g/mol. The normalized spacial score (nSPS) is 15.9. The number of hydrogen-bond donors (Lipinski definition) is 7. The number of unbranched alkanes of at least 4 members (excludes halogenated alkanes) is 9. The van der Waals surface area contributed by atoms with Gasteiger partial charge >= 0.3 is 0 Å². The largest absolute Gasteiger partial charge is 0.394 e. The summed E-state index contributed by atoms with van der Waals surface area (Å²) in [6, 6.07) is 0.272. The Morgan fingerprint density at radius 2 is 1.18 bits per heavy atom. The van der Waals surface area contributed by atoms with Crippen molar-refractivity contribution in [2.45, 2.75) is 166 Å². The molecular formula is C30H62N2O6. The molecule has 0 aromatic heterocycles. The first kappa shape index (κ1) is 37.4. The van der Waals surface area contributed by atoms with Crippen LogP contribution in [-0.4, -0.2) is 87.5 Å². The van der Waals surface area contributed by atoms with Gasteiger partial charge in [-0.3, -0.25) is 4.79 Å². The first-order chi connectivity index (χ1) is 18.3. The first-order valence-electron chi connectivity index (χ1n) is 15.6. The molecule has 0 aromatic rings. The van der Waals surface area contributed by atoms with Gasteiger partial charge in [0.25, 0.3) is 0 Å². The predicted molar refractivity (Wildman–Crippen MR) is 155 cm³/mol. The van der Waals surface area contributed by atoms with Gasteiger partial charge in [-0.1, -0.05) is 91.4 Å². The average Bonchev–Trinajstić information content (AvgIpc) is 2.92. The fourth-order valence-corrected chi connectivity index (χ4v) is 4.87. The van der Waals surface area contributed by atoms with E-state index in [4.69, 9.17) is 5.11 Å². The first-order valence-corrected chi connectivity index (χ1v) is 15.6. The van der Waals surface area contributed by atoms with Crippen LogP contribution in [0.5, 0.6) is 0 Å². The van der Waals surface area contributed by atoms with Crippen molar-refractivity contribution in [2.24, 2.45) is 0 Å². The number of hydrogen-bond acceptors (Lipinski definition) is 8. The van der Waals surface area contributed by atoms with Crippen LogP contribution in [0.2, 0.25) is 0 Å². The summed E-state index contributed by atoms with van der Waals surface area (Å²) in [5, 5.41) is 54.8. The molecule has 0 heterocycles. The molecule has 0 aliphatic carbocycles. The van der Waals surface area contributed by atoms with E-state index in [9.17, 15) is 25.2 Å². The molecule has 0 fully saturated rings. The molecule has 0 saturated heterocycles. The fourth-order valence-electron chi connectivity index (χ4n) is 4.87. The summed E-state index contributed by atoms with van der Waals surface area (Å²) in [6.07, 6.45) is 12.9. The lowest BCUT2D eigenvalue weighted by Crippen LogP contribution is -2.49. The highest BCUT2D eigenvalue weighted by atomic mass is 16.4. The van der Waals surface area contributed by atoms with Gasteiger partial charge in [0.15, 0.2) is 0 Å². The van der Waals surface area contributed by atoms with E-state index in [1.165, 1.54) is 64.2 Å². The van der Waals surface area contributed by atoms with Crippen molar-refractivity contribution in [1.29, 1.82) is 0 Å². The van der Waals surface area contributed by atoms with Crippen molar-refractivity contribution >= 4 is 5.78 Å².